The molecule has 0 spiro atoms. The molecule has 2 aliphatic heterocycles. The SMILES string of the molecule is O=C1CCc2cc(S(=O)(=O)N3CCC(c4c[nH]c5ccccc45)CC3)c(F)cc2N1. The Bertz CT molecular complexity index is 1240. The van der Waals surface area contributed by atoms with Crippen LogP contribution in [0.4, 0.5) is 10.1 Å². The van der Waals surface area contributed by atoms with E-state index in [1.54, 1.807) is 0 Å². The molecule has 8 heteroatoms. The highest BCUT2D eigenvalue weighted by atomic mass is 32.2. The molecule has 1 aromatic heterocycles. The Morgan fingerprint density at radius 2 is 1.83 bits per heavy atom. The van der Waals surface area contributed by atoms with Gasteiger partial charge in [-0.2, -0.15) is 4.31 Å². The van der Waals surface area contributed by atoms with Gasteiger partial charge in [-0.25, -0.2) is 12.8 Å². The third-order valence-corrected chi connectivity index (χ3v) is 8.10. The molecule has 1 amide bonds. The van der Waals surface area contributed by atoms with Crippen molar-refractivity contribution >= 4 is 32.5 Å². The van der Waals surface area contributed by atoms with Crippen LogP contribution in [0.15, 0.2) is 47.5 Å². The average molecular weight is 428 g/mol. The molecule has 6 nitrogen and oxygen atoms in total. The largest absolute Gasteiger partial charge is 0.361 e. The second-order valence-electron chi connectivity index (χ2n) is 7.96. The zero-order chi connectivity index (χ0) is 20.9. The Morgan fingerprint density at radius 3 is 2.63 bits per heavy atom. The van der Waals surface area contributed by atoms with E-state index in [-0.39, 0.29) is 23.1 Å². The number of hydrogen-bond acceptors (Lipinski definition) is 3. The molecule has 0 saturated carbocycles. The lowest BCUT2D eigenvalue weighted by molar-refractivity contribution is -0.116. The van der Waals surface area contributed by atoms with Crippen molar-refractivity contribution in [1.29, 1.82) is 0 Å². The highest BCUT2D eigenvalue weighted by Crippen LogP contribution is 2.36. The number of benzene rings is 2. The molecule has 5 rings (SSSR count). The maximum atomic E-state index is 14.7. The maximum absolute atomic E-state index is 14.7. The van der Waals surface area contributed by atoms with E-state index in [9.17, 15) is 17.6 Å². The van der Waals surface area contributed by atoms with Crippen molar-refractivity contribution in [2.24, 2.45) is 0 Å². The second kappa shape index (κ2) is 7.21. The number of nitrogens with zero attached hydrogens (tertiary/aromatic N) is 1. The van der Waals surface area contributed by atoms with Crippen LogP contribution in [0.3, 0.4) is 0 Å². The first-order valence-electron chi connectivity index (χ1n) is 10.1. The number of halogens is 1. The van der Waals surface area contributed by atoms with Crippen LogP contribution in [-0.4, -0.2) is 36.7 Å². The van der Waals surface area contributed by atoms with E-state index >= 15 is 0 Å². The number of H-pyrrole nitrogens is 1. The number of nitrogens with one attached hydrogen (secondary N) is 2. The Morgan fingerprint density at radius 1 is 1.07 bits per heavy atom. The fourth-order valence-electron chi connectivity index (χ4n) is 4.56. The molecule has 2 aliphatic rings. The van der Waals surface area contributed by atoms with Crippen LogP contribution in [0.5, 0.6) is 0 Å². The number of aromatic amines is 1. The van der Waals surface area contributed by atoms with Gasteiger partial charge < -0.3 is 10.3 Å². The Kier molecular flexibility index (Phi) is 4.63. The molecule has 0 radical (unpaired) electrons. The van der Waals surface area contributed by atoms with E-state index in [2.05, 4.69) is 16.4 Å². The van der Waals surface area contributed by atoms with E-state index < -0.39 is 15.8 Å². The predicted octanol–water partition coefficient (Wildman–Crippen LogP) is 3.76. The lowest BCUT2D eigenvalue weighted by Gasteiger charge is -2.31. The number of amides is 1. The minimum absolute atomic E-state index is 0.183. The fourth-order valence-corrected chi connectivity index (χ4v) is 6.12. The lowest BCUT2D eigenvalue weighted by Crippen LogP contribution is -2.38. The number of sulfonamides is 1. The highest BCUT2D eigenvalue weighted by Gasteiger charge is 2.33. The fraction of sp³-hybridized carbons (Fsp3) is 0.318. The van der Waals surface area contributed by atoms with Crippen LogP contribution in [0.25, 0.3) is 10.9 Å². The van der Waals surface area contributed by atoms with Gasteiger partial charge in [-0.1, -0.05) is 18.2 Å². The zero-order valence-corrected chi connectivity index (χ0v) is 17.1. The number of para-hydroxylation sites is 1. The summed E-state index contributed by atoms with van der Waals surface area (Å²) in [4.78, 5) is 14.5. The molecule has 0 unspecified atom stereocenters. The van der Waals surface area contributed by atoms with Gasteiger partial charge in [0.25, 0.3) is 0 Å². The summed E-state index contributed by atoms with van der Waals surface area (Å²) in [6, 6.07) is 10.6. The van der Waals surface area contributed by atoms with Gasteiger partial charge in [0.05, 0.1) is 0 Å². The Labute approximate surface area is 174 Å². The van der Waals surface area contributed by atoms with Crippen molar-refractivity contribution in [2.45, 2.75) is 36.5 Å². The molecule has 3 heterocycles. The monoisotopic (exact) mass is 427 g/mol. The lowest BCUT2D eigenvalue weighted by atomic mass is 9.90. The molecule has 0 bridgehead atoms. The number of hydrogen-bond donors (Lipinski definition) is 2. The number of anilines is 1. The number of fused-ring (bicyclic) bond motifs is 2. The number of rotatable bonds is 3. The van der Waals surface area contributed by atoms with Gasteiger partial charge in [0.1, 0.15) is 10.7 Å². The van der Waals surface area contributed by atoms with Crippen LogP contribution < -0.4 is 5.32 Å². The third-order valence-electron chi connectivity index (χ3n) is 6.19. The zero-order valence-electron chi connectivity index (χ0n) is 16.3. The second-order valence-corrected chi connectivity index (χ2v) is 9.86. The molecule has 2 aromatic carbocycles. The summed E-state index contributed by atoms with van der Waals surface area (Å²) in [5, 5.41) is 3.77. The van der Waals surface area contributed by atoms with Crippen molar-refractivity contribution < 1.29 is 17.6 Å². The average Bonchev–Trinajstić information content (AvgIpc) is 3.17. The third kappa shape index (κ3) is 3.20. The first-order chi connectivity index (χ1) is 14.4. The van der Waals surface area contributed by atoms with Crippen molar-refractivity contribution in [3.05, 3.63) is 59.5 Å². The van der Waals surface area contributed by atoms with Gasteiger partial charge in [-0.15, -0.1) is 0 Å². The van der Waals surface area contributed by atoms with Gasteiger partial charge in [0.15, 0.2) is 0 Å². The molecular formula is C22H22FN3O3S. The van der Waals surface area contributed by atoms with Crippen molar-refractivity contribution in [2.75, 3.05) is 18.4 Å². The number of aromatic nitrogens is 1. The number of carbonyl (C=O) groups excluding carboxylic acids is 1. The number of carbonyl (C=O) groups is 1. The summed E-state index contributed by atoms with van der Waals surface area (Å²) in [5.74, 6) is -0.747. The quantitative estimate of drug-likeness (QED) is 0.668. The van der Waals surface area contributed by atoms with Crippen LogP contribution in [-0.2, 0) is 21.2 Å². The smallest absolute Gasteiger partial charge is 0.245 e. The first kappa shape index (κ1) is 19.3. The summed E-state index contributed by atoms with van der Waals surface area (Å²) >= 11 is 0. The minimum Gasteiger partial charge on any atom is -0.361 e. The van der Waals surface area contributed by atoms with E-state index in [1.807, 2.05) is 24.4 Å². The van der Waals surface area contributed by atoms with E-state index in [0.717, 1.165) is 11.6 Å². The molecule has 0 aliphatic carbocycles. The van der Waals surface area contributed by atoms with Gasteiger partial charge in [-0.05, 0) is 54.5 Å². The Hall–Kier alpha value is -2.71. The van der Waals surface area contributed by atoms with E-state index in [0.29, 0.717) is 43.6 Å². The molecule has 1 fully saturated rings. The first-order valence-corrected chi connectivity index (χ1v) is 11.6. The molecule has 30 heavy (non-hydrogen) atoms. The summed E-state index contributed by atoms with van der Waals surface area (Å²) in [5.41, 5.74) is 3.30. The molecule has 2 N–H and O–H groups in total. The van der Waals surface area contributed by atoms with Crippen LogP contribution in [0, 0.1) is 5.82 Å². The van der Waals surface area contributed by atoms with Crippen molar-refractivity contribution in [1.82, 2.24) is 9.29 Å². The number of piperidine rings is 1. The Balaban J connectivity index is 1.37. The van der Waals surface area contributed by atoms with Crippen LogP contribution in [0.2, 0.25) is 0 Å². The number of aryl methyl sites for hydroxylation is 1. The van der Waals surface area contributed by atoms with Gasteiger partial charge in [-0.3, -0.25) is 4.79 Å². The van der Waals surface area contributed by atoms with Crippen LogP contribution in [0.1, 0.15) is 36.3 Å². The normalized spacial score (nSPS) is 18.4. The van der Waals surface area contributed by atoms with Gasteiger partial charge in [0.2, 0.25) is 15.9 Å². The maximum Gasteiger partial charge on any atom is 0.245 e. The standard InChI is InChI=1S/C22H22FN3O3S/c23-18-12-20-15(5-6-22(27)25-20)11-21(18)30(28,29)26-9-7-14(8-10-26)17-13-24-19-4-2-1-3-16(17)19/h1-4,11-14,24H,5-10H2,(H,25,27). The topological polar surface area (TPSA) is 82.3 Å². The molecule has 0 atom stereocenters. The summed E-state index contributed by atoms with van der Waals surface area (Å²) < 4.78 is 42.4. The molecule has 3 aromatic rings. The molecule has 156 valence electrons. The molecular weight excluding hydrogens is 405 g/mol. The highest BCUT2D eigenvalue weighted by molar-refractivity contribution is 7.89. The predicted molar refractivity (Wildman–Crippen MR) is 112 cm³/mol. The minimum atomic E-state index is -3.94. The van der Waals surface area contributed by atoms with Gasteiger partial charge >= 0.3 is 0 Å². The van der Waals surface area contributed by atoms with E-state index in [4.69, 9.17) is 0 Å². The van der Waals surface area contributed by atoms with Gasteiger partial charge in [0, 0.05) is 42.3 Å². The van der Waals surface area contributed by atoms with Crippen molar-refractivity contribution in [3.8, 4) is 0 Å². The van der Waals surface area contributed by atoms with E-state index in [1.165, 1.54) is 21.3 Å². The summed E-state index contributed by atoms with van der Waals surface area (Å²) in [6.07, 6.45) is 4.06. The summed E-state index contributed by atoms with van der Waals surface area (Å²) in [7, 11) is -3.94. The van der Waals surface area contributed by atoms with Crippen LogP contribution >= 0.6 is 0 Å². The molecule has 1 saturated heterocycles. The van der Waals surface area contributed by atoms with Crippen molar-refractivity contribution in [3.63, 3.8) is 0 Å². The summed E-state index contributed by atoms with van der Waals surface area (Å²) in [6.45, 7) is 0.694.